The first-order valence-electron chi connectivity index (χ1n) is 6.21. The van der Waals surface area contributed by atoms with Crippen molar-refractivity contribution in [2.45, 2.75) is 19.3 Å². The summed E-state index contributed by atoms with van der Waals surface area (Å²) >= 11 is 0. The molecule has 0 unspecified atom stereocenters. The van der Waals surface area contributed by atoms with E-state index in [1.807, 2.05) is 11.9 Å². The summed E-state index contributed by atoms with van der Waals surface area (Å²) in [6.45, 7) is 3.83. The van der Waals surface area contributed by atoms with Crippen LogP contribution in [0.2, 0.25) is 0 Å². The molecule has 4 heteroatoms. The molecule has 0 spiro atoms. The molecule has 1 amide bonds. The Labute approximate surface area is 99.0 Å². The third kappa shape index (κ3) is 4.49. The van der Waals surface area contributed by atoms with Crippen LogP contribution >= 0.6 is 0 Å². The average Bonchev–Trinajstić information content (AvgIpc) is 2.28. The molecule has 1 saturated heterocycles. The highest BCUT2D eigenvalue weighted by Crippen LogP contribution is 2.12. The molecule has 0 aromatic rings. The molecule has 0 saturated carbocycles. The number of carbonyl (C=O) groups excluding carboxylic acids is 1. The molecule has 0 radical (unpaired) electrons. The van der Waals surface area contributed by atoms with E-state index in [4.69, 9.17) is 0 Å². The molecule has 1 aliphatic heterocycles. The van der Waals surface area contributed by atoms with Gasteiger partial charge in [-0.25, -0.2) is 0 Å². The Bertz CT molecular complexity index is 212. The second-order valence-corrected chi connectivity index (χ2v) is 4.96. The number of amides is 1. The molecule has 94 valence electrons. The molecular formula is C12H25N3O. The normalized spacial score (nSPS) is 21.1. The van der Waals surface area contributed by atoms with Gasteiger partial charge in [-0.15, -0.1) is 0 Å². The Morgan fingerprint density at radius 1 is 1.31 bits per heavy atom. The summed E-state index contributed by atoms with van der Waals surface area (Å²) in [5.74, 6) is 0.518. The fourth-order valence-corrected chi connectivity index (χ4v) is 2.11. The van der Waals surface area contributed by atoms with Crippen LogP contribution in [-0.4, -0.2) is 63.0 Å². The van der Waals surface area contributed by atoms with E-state index in [2.05, 4.69) is 24.3 Å². The van der Waals surface area contributed by atoms with E-state index in [9.17, 15) is 4.79 Å². The van der Waals surface area contributed by atoms with Crippen molar-refractivity contribution in [3.63, 3.8) is 0 Å². The molecule has 1 heterocycles. The van der Waals surface area contributed by atoms with Crippen molar-refractivity contribution < 1.29 is 4.79 Å². The summed E-state index contributed by atoms with van der Waals surface area (Å²) in [6, 6.07) is 0. The first-order valence-corrected chi connectivity index (χ1v) is 6.21. The van der Waals surface area contributed by atoms with Crippen LogP contribution in [0.15, 0.2) is 0 Å². The highest BCUT2D eigenvalue weighted by molar-refractivity contribution is 5.78. The monoisotopic (exact) mass is 227 g/mol. The zero-order chi connectivity index (χ0) is 12.0. The van der Waals surface area contributed by atoms with E-state index in [0.717, 1.165) is 45.4 Å². The predicted octanol–water partition coefficient (Wildman–Crippen LogP) is 0.396. The summed E-state index contributed by atoms with van der Waals surface area (Å²) < 4.78 is 0. The van der Waals surface area contributed by atoms with Gasteiger partial charge < -0.3 is 15.1 Å². The second-order valence-electron chi connectivity index (χ2n) is 4.96. The van der Waals surface area contributed by atoms with Gasteiger partial charge in [0.1, 0.15) is 0 Å². The van der Waals surface area contributed by atoms with Gasteiger partial charge in [-0.05, 0) is 46.4 Å². The van der Waals surface area contributed by atoms with Crippen molar-refractivity contribution in [2.75, 3.05) is 47.3 Å². The fourth-order valence-electron chi connectivity index (χ4n) is 2.11. The maximum Gasteiger partial charge on any atom is 0.226 e. The number of rotatable bonds is 5. The first-order chi connectivity index (χ1) is 7.61. The summed E-state index contributed by atoms with van der Waals surface area (Å²) in [5.41, 5.74) is 0. The standard InChI is InChI=1S/C12H25N3O/c1-14(2)8-5-9-15(3)12(16)11-6-4-7-13-10-11/h11,13H,4-10H2,1-3H3/t11-/m1/s1. The molecule has 0 bridgehead atoms. The van der Waals surface area contributed by atoms with Gasteiger partial charge in [0, 0.05) is 20.1 Å². The van der Waals surface area contributed by atoms with Crippen LogP contribution in [0.3, 0.4) is 0 Å². The molecular weight excluding hydrogens is 202 g/mol. The Balaban J connectivity index is 2.23. The zero-order valence-corrected chi connectivity index (χ0v) is 10.8. The minimum absolute atomic E-state index is 0.207. The summed E-state index contributed by atoms with van der Waals surface area (Å²) in [6.07, 6.45) is 3.22. The van der Waals surface area contributed by atoms with E-state index in [-0.39, 0.29) is 5.92 Å². The molecule has 1 rings (SSSR count). The number of hydrogen-bond donors (Lipinski definition) is 1. The van der Waals surface area contributed by atoms with Crippen molar-refractivity contribution in [3.8, 4) is 0 Å². The molecule has 1 N–H and O–H groups in total. The van der Waals surface area contributed by atoms with Gasteiger partial charge in [0.15, 0.2) is 0 Å². The molecule has 16 heavy (non-hydrogen) atoms. The van der Waals surface area contributed by atoms with Crippen LogP contribution in [0.5, 0.6) is 0 Å². The van der Waals surface area contributed by atoms with E-state index >= 15 is 0 Å². The van der Waals surface area contributed by atoms with Crippen molar-refractivity contribution in [2.24, 2.45) is 5.92 Å². The Kier molecular flexibility index (Phi) is 5.77. The molecule has 1 atom stereocenters. The smallest absolute Gasteiger partial charge is 0.226 e. The lowest BCUT2D eigenvalue weighted by Gasteiger charge is -2.27. The number of carbonyl (C=O) groups is 1. The van der Waals surface area contributed by atoms with E-state index in [1.165, 1.54) is 0 Å². The van der Waals surface area contributed by atoms with Crippen molar-refractivity contribution in [3.05, 3.63) is 0 Å². The number of nitrogens with one attached hydrogen (secondary N) is 1. The highest BCUT2D eigenvalue weighted by atomic mass is 16.2. The minimum atomic E-state index is 0.207. The molecule has 0 aromatic carbocycles. The molecule has 1 fully saturated rings. The lowest BCUT2D eigenvalue weighted by atomic mass is 9.98. The topological polar surface area (TPSA) is 35.6 Å². The summed E-state index contributed by atoms with van der Waals surface area (Å²) in [7, 11) is 6.05. The quantitative estimate of drug-likeness (QED) is 0.738. The molecule has 0 aliphatic carbocycles. The largest absolute Gasteiger partial charge is 0.345 e. The molecule has 4 nitrogen and oxygen atoms in total. The van der Waals surface area contributed by atoms with Crippen LogP contribution in [0.1, 0.15) is 19.3 Å². The van der Waals surface area contributed by atoms with Gasteiger partial charge in [-0.1, -0.05) is 0 Å². The number of hydrogen-bond acceptors (Lipinski definition) is 3. The first kappa shape index (κ1) is 13.5. The summed E-state index contributed by atoms with van der Waals surface area (Å²) in [4.78, 5) is 16.1. The van der Waals surface area contributed by atoms with Crippen LogP contribution in [0.4, 0.5) is 0 Å². The Hall–Kier alpha value is -0.610. The number of nitrogens with zero attached hydrogens (tertiary/aromatic N) is 2. The van der Waals surface area contributed by atoms with E-state index in [1.54, 1.807) is 0 Å². The average molecular weight is 227 g/mol. The van der Waals surface area contributed by atoms with Crippen LogP contribution in [-0.2, 0) is 4.79 Å². The van der Waals surface area contributed by atoms with Gasteiger partial charge >= 0.3 is 0 Å². The lowest BCUT2D eigenvalue weighted by Crippen LogP contribution is -2.42. The van der Waals surface area contributed by atoms with Gasteiger partial charge in [0.05, 0.1) is 5.92 Å². The van der Waals surface area contributed by atoms with E-state index < -0.39 is 0 Å². The summed E-state index contributed by atoms with van der Waals surface area (Å²) in [5, 5.41) is 3.29. The third-order valence-corrected chi connectivity index (χ3v) is 3.12. The van der Waals surface area contributed by atoms with Crippen LogP contribution < -0.4 is 5.32 Å². The number of piperidine rings is 1. The maximum atomic E-state index is 12.0. The molecule has 0 aromatic heterocycles. The van der Waals surface area contributed by atoms with Crippen molar-refractivity contribution in [1.29, 1.82) is 0 Å². The maximum absolute atomic E-state index is 12.0. The van der Waals surface area contributed by atoms with Gasteiger partial charge in [-0.3, -0.25) is 4.79 Å². The van der Waals surface area contributed by atoms with Gasteiger partial charge in [0.25, 0.3) is 0 Å². The Morgan fingerprint density at radius 3 is 2.62 bits per heavy atom. The Morgan fingerprint density at radius 2 is 2.06 bits per heavy atom. The van der Waals surface area contributed by atoms with Crippen LogP contribution in [0, 0.1) is 5.92 Å². The SMILES string of the molecule is CN(C)CCCN(C)C(=O)[C@@H]1CCCNC1. The zero-order valence-electron chi connectivity index (χ0n) is 10.8. The van der Waals surface area contributed by atoms with Gasteiger partial charge in [-0.2, -0.15) is 0 Å². The third-order valence-electron chi connectivity index (χ3n) is 3.12. The van der Waals surface area contributed by atoms with Gasteiger partial charge in [0.2, 0.25) is 5.91 Å². The minimum Gasteiger partial charge on any atom is -0.345 e. The van der Waals surface area contributed by atoms with Crippen molar-refractivity contribution in [1.82, 2.24) is 15.1 Å². The fraction of sp³-hybridized carbons (Fsp3) is 0.917. The molecule has 1 aliphatic rings. The predicted molar refractivity (Wildman–Crippen MR) is 66.4 cm³/mol. The van der Waals surface area contributed by atoms with Crippen LogP contribution in [0.25, 0.3) is 0 Å². The lowest BCUT2D eigenvalue weighted by molar-refractivity contribution is -0.134. The van der Waals surface area contributed by atoms with Crippen molar-refractivity contribution >= 4 is 5.91 Å². The highest BCUT2D eigenvalue weighted by Gasteiger charge is 2.23. The van der Waals surface area contributed by atoms with E-state index in [0.29, 0.717) is 5.91 Å². The second kappa shape index (κ2) is 6.86.